The number of carbonyl (C=O) groups is 2. The van der Waals surface area contributed by atoms with Gasteiger partial charge in [0.05, 0.1) is 6.61 Å². The van der Waals surface area contributed by atoms with Gasteiger partial charge < -0.3 is 9.64 Å². The molecular formula is C16H27NO3S. The molecule has 1 fully saturated rings. The van der Waals surface area contributed by atoms with E-state index in [1.54, 1.807) is 4.90 Å². The van der Waals surface area contributed by atoms with Gasteiger partial charge >= 0.3 is 0 Å². The van der Waals surface area contributed by atoms with Crippen molar-refractivity contribution >= 4 is 29.0 Å². The van der Waals surface area contributed by atoms with Crippen LogP contribution in [0, 0.1) is 5.41 Å². The fourth-order valence-corrected chi connectivity index (χ4v) is 2.63. The quantitative estimate of drug-likeness (QED) is 0.558. The molecule has 120 valence electrons. The molecule has 5 heteroatoms. The van der Waals surface area contributed by atoms with Crippen LogP contribution < -0.4 is 0 Å². The summed E-state index contributed by atoms with van der Waals surface area (Å²) in [6.07, 6.45) is 4.23. The first-order valence-electron chi connectivity index (χ1n) is 7.87. The molecule has 1 unspecified atom stereocenters. The van der Waals surface area contributed by atoms with E-state index in [0.717, 1.165) is 25.7 Å². The number of carbonyl (C=O) groups excluding carboxylic acids is 2. The number of ether oxygens (including phenoxy) is 1. The number of rotatable bonds is 6. The molecule has 0 aliphatic carbocycles. The van der Waals surface area contributed by atoms with Crippen LogP contribution in [0.15, 0.2) is 0 Å². The fourth-order valence-electron chi connectivity index (χ4n) is 2.30. The number of ketones is 1. The molecule has 1 saturated heterocycles. The number of amides is 1. The maximum atomic E-state index is 12.6. The van der Waals surface area contributed by atoms with Gasteiger partial charge in [0.25, 0.3) is 5.91 Å². The van der Waals surface area contributed by atoms with Gasteiger partial charge in [0.15, 0.2) is 5.05 Å². The third kappa shape index (κ3) is 4.50. The maximum Gasteiger partial charge on any atom is 0.291 e. The Morgan fingerprint density at radius 2 is 1.95 bits per heavy atom. The zero-order chi connectivity index (χ0) is 16.0. The van der Waals surface area contributed by atoms with Crippen LogP contribution >= 0.6 is 12.2 Å². The molecule has 0 aromatic heterocycles. The molecule has 1 aliphatic rings. The van der Waals surface area contributed by atoms with Crippen molar-refractivity contribution < 1.29 is 14.3 Å². The van der Waals surface area contributed by atoms with Gasteiger partial charge in [0.1, 0.15) is 6.04 Å². The van der Waals surface area contributed by atoms with E-state index in [0.29, 0.717) is 24.6 Å². The van der Waals surface area contributed by atoms with Crippen LogP contribution in [0.25, 0.3) is 0 Å². The van der Waals surface area contributed by atoms with Crippen molar-refractivity contribution in [2.24, 2.45) is 5.41 Å². The van der Waals surface area contributed by atoms with Crippen LogP contribution in [-0.2, 0) is 14.3 Å². The monoisotopic (exact) mass is 313 g/mol. The highest BCUT2D eigenvalue weighted by Crippen LogP contribution is 2.25. The maximum absolute atomic E-state index is 12.6. The minimum Gasteiger partial charge on any atom is -0.485 e. The lowest BCUT2D eigenvalue weighted by Gasteiger charge is -2.36. The van der Waals surface area contributed by atoms with E-state index in [1.165, 1.54) is 0 Å². The minimum absolute atomic E-state index is 0.232. The van der Waals surface area contributed by atoms with Crippen LogP contribution in [0.3, 0.4) is 0 Å². The normalized spacial score (nSPS) is 19.2. The first-order valence-corrected chi connectivity index (χ1v) is 8.28. The number of hydrogen-bond acceptors (Lipinski definition) is 4. The Balaban J connectivity index is 2.83. The van der Waals surface area contributed by atoms with Crippen molar-refractivity contribution in [1.29, 1.82) is 0 Å². The number of thiocarbonyl (C=S) groups is 1. The lowest BCUT2D eigenvalue weighted by atomic mass is 9.84. The van der Waals surface area contributed by atoms with Crippen LogP contribution in [0.5, 0.6) is 0 Å². The van der Waals surface area contributed by atoms with E-state index in [2.05, 4.69) is 0 Å². The number of hydrogen-bond donors (Lipinski definition) is 0. The Hall–Kier alpha value is -0.970. The van der Waals surface area contributed by atoms with Gasteiger partial charge in [-0.05, 0) is 44.3 Å². The Kier molecular flexibility index (Phi) is 6.78. The zero-order valence-electron chi connectivity index (χ0n) is 13.6. The fraction of sp³-hybridized carbons (Fsp3) is 0.812. The van der Waals surface area contributed by atoms with Crippen LogP contribution in [-0.4, -0.2) is 40.8 Å². The molecule has 0 saturated carbocycles. The van der Waals surface area contributed by atoms with E-state index in [4.69, 9.17) is 17.0 Å². The number of piperidine rings is 1. The van der Waals surface area contributed by atoms with Crippen molar-refractivity contribution in [1.82, 2.24) is 4.90 Å². The summed E-state index contributed by atoms with van der Waals surface area (Å²) < 4.78 is 5.53. The predicted octanol–water partition coefficient (Wildman–Crippen LogP) is 3.13. The highest BCUT2D eigenvalue weighted by atomic mass is 32.1. The third-order valence-corrected chi connectivity index (χ3v) is 4.57. The van der Waals surface area contributed by atoms with Crippen LogP contribution in [0.4, 0.5) is 0 Å². The van der Waals surface area contributed by atoms with Crippen molar-refractivity contribution in [3.05, 3.63) is 0 Å². The molecule has 1 aliphatic heterocycles. The van der Waals surface area contributed by atoms with Crippen molar-refractivity contribution in [2.45, 2.75) is 65.8 Å². The zero-order valence-corrected chi connectivity index (χ0v) is 14.4. The molecule has 4 nitrogen and oxygen atoms in total. The van der Waals surface area contributed by atoms with Crippen molar-refractivity contribution in [2.75, 3.05) is 13.2 Å². The first-order chi connectivity index (χ1) is 9.85. The summed E-state index contributed by atoms with van der Waals surface area (Å²) in [5.41, 5.74) is -0.620. The number of likely N-dealkylation sites (tertiary alicyclic amines) is 1. The van der Waals surface area contributed by atoms with Gasteiger partial charge in [-0.2, -0.15) is 0 Å². The topological polar surface area (TPSA) is 46.6 Å². The van der Waals surface area contributed by atoms with E-state index >= 15 is 0 Å². The summed E-state index contributed by atoms with van der Waals surface area (Å²) in [5, 5.41) is 0.451. The predicted molar refractivity (Wildman–Crippen MR) is 87.3 cm³/mol. The highest BCUT2D eigenvalue weighted by Gasteiger charge is 2.39. The lowest BCUT2D eigenvalue weighted by Crippen LogP contribution is -2.52. The second-order valence-corrected chi connectivity index (χ2v) is 6.65. The van der Waals surface area contributed by atoms with E-state index in [9.17, 15) is 9.59 Å². The summed E-state index contributed by atoms with van der Waals surface area (Å²) in [6.45, 7) is 8.72. The number of Topliss-reactive ketones (excluding diaryl/α,β-unsaturated/α-hetero) is 1. The lowest BCUT2D eigenvalue weighted by molar-refractivity contribution is -0.150. The molecule has 21 heavy (non-hydrogen) atoms. The highest BCUT2D eigenvalue weighted by molar-refractivity contribution is 7.80. The Morgan fingerprint density at radius 1 is 1.29 bits per heavy atom. The minimum atomic E-state index is -0.620. The van der Waals surface area contributed by atoms with E-state index < -0.39 is 11.3 Å². The molecule has 0 bridgehead atoms. The molecule has 0 aromatic carbocycles. The molecule has 0 spiro atoms. The second-order valence-electron chi connectivity index (χ2n) is 6.24. The summed E-state index contributed by atoms with van der Waals surface area (Å²) >= 11 is 5.32. The average Bonchev–Trinajstić information content (AvgIpc) is 2.51. The van der Waals surface area contributed by atoms with Gasteiger partial charge in [-0.15, -0.1) is 0 Å². The number of nitrogens with zero attached hydrogens (tertiary/aromatic N) is 1. The van der Waals surface area contributed by atoms with Crippen molar-refractivity contribution in [3.63, 3.8) is 0 Å². The van der Waals surface area contributed by atoms with Gasteiger partial charge in [0, 0.05) is 12.0 Å². The van der Waals surface area contributed by atoms with Crippen molar-refractivity contribution in [3.8, 4) is 0 Å². The molecule has 1 amide bonds. The summed E-state index contributed by atoms with van der Waals surface area (Å²) in [7, 11) is 0. The third-order valence-electron chi connectivity index (χ3n) is 4.18. The summed E-state index contributed by atoms with van der Waals surface area (Å²) in [6, 6.07) is -0.232. The standard InChI is InChI=1S/C16H27NO3S/c1-5-11-20-15(21)12-9-7-8-10-17(12)14(19)13(18)16(3,4)6-2/h12H,5-11H2,1-4H3. The second kappa shape index (κ2) is 7.87. The van der Waals surface area contributed by atoms with Gasteiger partial charge in [-0.1, -0.05) is 27.7 Å². The Bertz CT molecular complexity index is 406. The van der Waals surface area contributed by atoms with E-state index in [-0.39, 0.29) is 11.8 Å². The van der Waals surface area contributed by atoms with Crippen LogP contribution in [0.2, 0.25) is 0 Å². The van der Waals surface area contributed by atoms with Gasteiger partial charge in [-0.3, -0.25) is 9.59 Å². The summed E-state index contributed by atoms with van der Waals surface area (Å²) in [4.78, 5) is 26.6. The van der Waals surface area contributed by atoms with Gasteiger partial charge in [0.2, 0.25) is 5.78 Å². The smallest absolute Gasteiger partial charge is 0.291 e. The molecule has 0 radical (unpaired) electrons. The molecule has 1 heterocycles. The summed E-state index contributed by atoms with van der Waals surface area (Å²) in [5.74, 6) is -0.732. The molecule has 0 aromatic rings. The van der Waals surface area contributed by atoms with Crippen LogP contribution in [0.1, 0.15) is 59.8 Å². The van der Waals surface area contributed by atoms with Gasteiger partial charge in [-0.25, -0.2) is 0 Å². The largest absolute Gasteiger partial charge is 0.485 e. The average molecular weight is 313 g/mol. The SMILES string of the molecule is CCCOC(=S)C1CCCCN1C(=O)C(=O)C(C)(C)CC. The molecule has 0 N–H and O–H groups in total. The molecular weight excluding hydrogens is 286 g/mol. The Labute approximate surface area is 133 Å². The van der Waals surface area contributed by atoms with E-state index in [1.807, 2.05) is 27.7 Å². The first kappa shape index (κ1) is 18.1. The molecule has 1 atom stereocenters. The Morgan fingerprint density at radius 3 is 2.52 bits per heavy atom. The molecule has 1 rings (SSSR count).